The molecule has 2 N–H and O–H groups in total. The molecule has 24 heavy (non-hydrogen) atoms. The van der Waals surface area contributed by atoms with Gasteiger partial charge in [0.05, 0.1) is 0 Å². The molecule has 0 aliphatic heterocycles. The number of benzene rings is 2. The fraction of sp³-hybridized carbons (Fsp3) is 0. The van der Waals surface area contributed by atoms with Gasteiger partial charge in [-0.3, -0.25) is 0 Å². The van der Waals surface area contributed by atoms with Gasteiger partial charge in [0, 0.05) is 23.3 Å². The fourth-order valence-electron chi connectivity index (χ4n) is 2.47. The standard InChI is InChI=1S/C19H14NO4/c21-18(14-5-8-15(9-6-14)20(23)24)12-10-17-16-4-2-1-3-13(16)7-11-19(17)22/h1-12H,(H2-,21,22,23,24)/q-1/b12-10+. The molecule has 3 rings (SSSR count). The van der Waals surface area contributed by atoms with Crippen LogP contribution in [0.5, 0.6) is 5.75 Å². The Morgan fingerprint density at radius 1 is 0.958 bits per heavy atom. The maximum absolute atomic E-state index is 10.6. The molecule has 0 fully saturated rings. The largest absolute Gasteiger partial charge is 0.612 e. The maximum atomic E-state index is 10.6. The highest BCUT2D eigenvalue weighted by atomic mass is 16.8. The van der Waals surface area contributed by atoms with Crippen LogP contribution in [-0.4, -0.2) is 20.8 Å². The van der Waals surface area contributed by atoms with Crippen molar-refractivity contribution in [2.75, 3.05) is 0 Å². The molecule has 1 aliphatic carbocycles. The summed E-state index contributed by atoms with van der Waals surface area (Å²) in [5.41, 5.74) is 1.01. The number of rotatable bonds is 2. The van der Waals surface area contributed by atoms with E-state index in [1.54, 1.807) is 12.1 Å². The first-order valence-corrected chi connectivity index (χ1v) is 7.26. The summed E-state index contributed by atoms with van der Waals surface area (Å²) < 4.78 is 0. The molecule has 0 amide bonds. The Balaban J connectivity index is 1.96. The molecule has 0 unspecified atom stereocenters. The zero-order valence-corrected chi connectivity index (χ0v) is 12.6. The van der Waals surface area contributed by atoms with Gasteiger partial charge < -0.3 is 20.6 Å². The quantitative estimate of drug-likeness (QED) is 0.498. The molecule has 0 atom stereocenters. The lowest BCUT2D eigenvalue weighted by atomic mass is 10.0. The van der Waals surface area contributed by atoms with Crippen LogP contribution < -0.4 is 0 Å². The molecule has 1 aliphatic rings. The third kappa shape index (κ3) is 3.01. The number of hydrogen-bond donors (Lipinski definition) is 2. The van der Waals surface area contributed by atoms with E-state index in [0.29, 0.717) is 11.1 Å². The van der Waals surface area contributed by atoms with Crippen molar-refractivity contribution in [3.8, 4) is 5.75 Å². The minimum atomic E-state index is -0.495. The second-order valence-electron chi connectivity index (χ2n) is 5.24. The zero-order chi connectivity index (χ0) is 17.1. The minimum absolute atomic E-state index is 0.0396. The lowest BCUT2D eigenvalue weighted by Gasteiger charge is -2.08. The van der Waals surface area contributed by atoms with E-state index >= 15 is 0 Å². The summed E-state index contributed by atoms with van der Waals surface area (Å²) in [5.74, 6) is 0.0682. The van der Waals surface area contributed by atoms with E-state index in [9.17, 15) is 20.6 Å². The monoisotopic (exact) mass is 320 g/mol. The van der Waals surface area contributed by atoms with Crippen LogP contribution in [0.1, 0.15) is 5.56 Å². The topological polar surface area (TPSA) is 89.6 Å². The molecule has 5 heteroatoms. The van der Waals surface area contributed by atoms with Gasteiger partial charge >= 0.3 is 0 Å². The molecule has 5 nitrogen and oxygen atoms in total. The number of nitrogens with zero attached hydrogens (tertiary/aromatic N) is 1. The normalized spacial score (nSPS) is 13.8. The highest BCUT2D eigenvalue weighted by Crippen LogP contribution is 2.28. The van der Waals surface area contributed by atoms with Crippen molar-refractivity contribution in [1.29, 1.82) is 0 Å². The van der Waals surface area contributed by atoms with E-state index in [-0.39, 0.29) is 17.2 Å². The Labute approximate surface area is 138 Å². The van der Waals surface area contributed by atoms with Crippen molar-refractivity contribution < 1.29 is 15.1 Å². The van der Waals surface area contributed by atoms with Gasteiger partial charge in [-0.15, -0.1) is 0 Å². The number of hydrogen-bond acceptors (Lipinski definition) is 4. The van der Waals surface area contributed by atoms with Gasteiger partial charge in [-0.05, 0) is 41.1 Å². The van der Waals surface area contributed by atoms with Crippen molar-refractivity contribution in [1.82, 2.24) is 0 Å². The van der Waals surface area contributed by atoms with Crippen molar-refractivity contribution in [2.24, 2.45) is 0 Å². The van der Waals surface area contributed by atoms with Crippen LogP contribution in [0.2, 0.25) is 0 Å². The van der Waals surface area contributed by atoms with Gasteiger partial charge in [-0.25, -0.2) is 0 Å². The van der Waals surface area contributed by atoms with Crippen molar-refractivity contribution in [3.05, 3.63) is 94.1 Å². The van der Waals surface area contributed by atoms with Crippen LogP contribution >= 0.6 is 0 Å². The minimum Gasteiger partial charge on any atom is -0.612 e. The maximum Gasteiger partial charge on any atom is 0.222 e. The van der Waals surface area contributed by atoms with E-state index in [0.717, 1.165) is 10.8 Å². The number of aromatic hydroxyl groups is 1. The van der Waals surface area contributed by atoms with E-state index in [1.807, 2.05) is 30.3 Å². The third-order valence-corrected chi connectivity index (χ3v) is 3.73. The van der Waals surface area contributed by atoms with Crippen molar-refractivity contribution in [2.45, 2.75) is 0 Å². The summed E-state index contributed by atoms with van der Waals surface area (Å²) in [7, 11) is 0. The number of aliphatic hydroxyl groups excluding tert-OH is 1. The lowest BCUT2D eigenvalue weighted by molar-refractivity contribution is -0.377. The predicted molar refractivity (Wildman–Crippen MR) is 94.6 cm³/mol. The lowest BCUT2D eigenvalue weighted by Crippen LogP contribution is -2.06. The van der Waals surface area contributed by atoms with E-state index in [2.05, 4.69) is 0 Å². The van der Waals surface area contributed by atoms with Crippen LogP contribution in [0.3, 0.4) is 0 Å². The fourth-order valence-corrected chi connectivity index (χ4v) is 2.47. The summed E-state index contributed by atoms with van der Waals surface area (Å²) in [6.07, 6.45) is 8.68. The Morgan fingerprint density at radius 2 is 1.67 bits per heavy atom. The average Bonchev–Trinajstić information content (AvgIpc) is 2.60. The molecule has 2 aromatic rings. The summed E-state index contributed by atoms with van der Waals surface area (Å²) >= 11 is 0. The van der Waals surface area contributed by atoms with E-state index < -0.39 is 4.90 Å². The van der Waals surface area contributed by atoms with Crippen LogP contribution in [0.25, 0.3) is 16.8 Å². The highest BCUT2D eigenvalue weighted by Gasteiger charge is 2.07. The molecule has 0 radical (unpaired) electrons. The molecule has 0 bridgehead atoms. The van der Waals surface area contributed by atoms with Crippen LogP contribution in [0.4, 0.5) is 0 Å². The van der Waals surface area contributed by atoms with Gasteiger partial charge in [-0.1, -0.05) is 30.3 Å². The van der Waals surface area contributed by atoms with Gasteiger partial charge in [0.1, 0.15) is 11.5 Å². The van der Waals surface area contributed by atoms with Crippen LogP contribution in [-0.2, 0) is 0 Å². The number of aliphatic hydroxyl groups is 1. The first-order chi connectivity index (χ1) is 11.6. The second kappa shape index (κ2) is 6.34. The Hall–Kier alpha value is -3.47. The predicted octanol–water partition coefficient (Wildman–Crippen LogP) is 3.95. The number of phenols is 1. The average molecular weight is 320 g/mol. The second-order valence-corrected chi connectivity index (χ2v) is 5.24. The molecular formula is C19H14NO4-. The third-order valence-electron chi connectivity index (χ3n) is 3.73. The van der Waals surface area contributed by atoms with Crippen molar-refractivity contribution >= 4 is 22.6 Å². The SMILES string of the molecule is [O-][N+]([O-])=C1C=CC(=C(O)/C=C/c2c(O)ccc3ccccc23)C=C1. The Bertz CT molecular complexity index is 927. The summed E-state index contributed by atoms with van der Waals surface area (Å²) in [6.45, 7) is 0. The number of phenolic OH excluding ortho intramolecular Hbond substituents is 1. The van der Waals surface area contributed by atoms with E-state index in [1.165, 1.54) is 30.4 Å². The molecule has 120 valence electrons. The molecular weight excluding hydrogens is 306 g/mol. The van der Waals surface area contributed by atoms with Crippen LogP contribution in [0, 0.1) is 10.4 Å². The Morgan fingerprint density at radius 3 is 2.38 bits per heavy atom. The summed E-state index contributed by atoms with van der Waals surface area (Å²) in [4.78, 5) is -0.495. The molecule has 0 spiro atoms. The molecule has 0 aromatic heterocycles. The molecule has 0 heterocycles. The van der Waals surface area contributed by atoms with Gasteiger partial charge in [0.2, 0.25) is 5.71 Å². The molecule has 0 saturated heterocycles. The first kappa shape index (κ1) is 15.4. The highest BCUT2D eigenvalue weighted by molar-refractivity contribution is 6.02. The van der Waals surface area contributed by atoms with Crippen molar-refractivity contribution in [3.63, 3.8) is 0 Å². The van der Waals surface area contributed by atoms with Gasteiger partial charge in [-0.2, -0.15) is 4.90 Å². The first-order valence-electron chi connectivity index (χ1n) is 7.26. The molecule has 2 aromatic carbocycles. The van der Waals surface area contributed by atoms with Gasteiger partial charge in [0.15, 0.2) is 0 Å². The smallest absolute Gasteiger partial charge is 0.222 e. The summed E-state index contributed by atoms with van der Waals surface area (Å²) in [6, 6.07) is 11.0. The number of allylic oxidation sites excluding steroid dienone is 6. The van der Waals surface area contributed by atoms with E-state index in [4.69, 9.17) is 0 Å². The van der Waals surface area contributed by atoms with Crippen LogP contribution in [0.15, 0.2) is 78.1 Å². The molecule has 0 saturated carbocycles. The van der Waals surface area contributed by atoms with Gasteiger partial charge in [0.25, 0.3) is 0 Å². The number of fused-ring (bicyclic) bond motifs is 1. The Kier molecular flexibility index (Phi) is 4.07. The zero-order valence-electron chi connectivity index (χ0n) is 12.6. The summed E-state index contributed by atoms with van der Waals surface area (Å²) in [5, 5.41) is 43.4.